The van der Waals surface area contributed by atoms with Crippen LogP contribution in [0.1, 0.15) is 16.8 Å². The highest BCUT2D eigenvalue weighted by molar-refractivity contribution is 5.18. The van der Waals surface area contributed by atoms with Gasteiger partial charge in [-0.3, -0.25) is 9.97 Å². The standard InChI is InChI=1S/C13H15N3/c1-11-13(5-3-7-16-11)10-15-9-12-4-2-6-14-8-12/h2-8,15H,9-10H2,1H3. The molecule has 0 bridgehead atoms. The zero-order valence-corrected chi connectivity index (χ0v) is 9.35. The average molecular weight is 213 g/mol. The molecule has 0 amide bonds. The van der Waals surface area contributed by atoms with Crippen LogP contribution < -0.4 is 5.32 Å². The van der Waals surface area contributed by atoms with Crippen molar-refractivity contribution in [3.8, 4) is 0 Å². The first kappa shape index (κ1) is 10.8. The van der Waals surface area contributed by atoms with Gasteiger partial charge in [0, 0.05) is 37.4 Å². The molecule has 0 aliphatic heterocycles. The summed E-state index contributed by atoms with van der Waals surface area (Å²) in [6.07, 6.45) is 5.48. The molecule has 0 fully saturated rings. The van der Waals surface area contributed by atoms with Gasteiger partial charge < -0.3 is 5.32 Å². The average Bonchev–Trinajstić information content (AvgIpc) is 2.33. The zero-order valence-electron chi connectivity index (χ0n) is 9.35. The number of aryl methyl sites for hydroxylation is 1. The summed E-state index contributed by atoms with van der Waals surface area (Å²) in [5.74, 6) is 0. The van der Waals surface area contributed by atoms with Crippen molar-refractivity contribution >= 4 is 0 Å². The molecule has 0 aliphatic carbocycles. The number of hydrogen-bond donors (Lipinski definition) is 1. The molecule has 0 unspecified atom stereocenters. The molecule has 0 aliphatic rings. The predicted octanol–water partition coefficient (Wildman–Crippen LogP) is 2.07. The molecule has 0 spiro atoms. The Balaban J connectivity index is 1.87. The Morgan fingerprint density at radius 1 is 1.12 bits per heavy atom. The van der Waals surface area contributed by atoms with Crippen molar-refractivity contribution in [2.45, 2.75) is 20.0 Å². The summed E-state index contributed by atoms with van der Waals surface area (Å²) in [6, 6.07) is 8.08. The number of aromatic nitrogens is 2. The number of pyridine rings is 2. The lowest BCUT2D eigenvalue weighted by Gasteiger charge is -2.06. The third-order valence-electron chi connectivity index (χ3n) is 2.48. The quantitative estimate of drug-likeness (QED) is 0.845. The van der Waals surface area contributed by atoms with Gasteiger partial charge in [-0.1, -0.05) is 12.1 Å². The van der Waals surface area contributed by atoms with Gasteiger partial charge in [0.1, 0.15) is 0 Å². The molecule has 82 valence electrons. The fraction of sp³-hybridized carbons (Fsp3) is 0.231. The first-order valence-electron chi connectivity index (χ1n) is 5.36. The second kappa shape index (κ2) is 5.37. The monoisotopic (exact) mass is 213 g/mol. The van der Waals surface area contributed by atoms with Crippen LogP contribution in [-0.4, -0.2) is 9.97 Å². The lowest BCUT2D eigenvalue weighted by Crippen LogP contribution is -2.13. The van der Waals surface area contributed by atoms with Crippen molar-refractivity contribution in [1.82, 2.24) is 15.3 Å². The minimum atomic E-state index is 0.835. The van der Waals surface area contributed by atoms with Gasteiger partial charge in [-0.15, -0.1) is 0 Å². The maximum absolute atomic E-state index is 4.25. The first-order chi connectivity index (χ1) is 7.86. The Morgan fingerprint density at radius 3 is 2.75 bits per heavy atom. The van der Waals surface area contributed by atoms with Crippen molar-refractivity contribution in [3.63, 3.8) is 0 Å². The largest absolute Gasteiger partial charge is 0.308 e. The van der Waals surface area contributed by atoms with Crippen LogP contribution >= 0.6 is 0 Å². The second-order valence-corrected chi connectivity index (χ2v) is 3.71. The van der Waals surface area contributed by atoms with E-state index in [9.17, 15) is 0 Å². The Morgan fingerprint density at radius 2 is 2.00 bits per heavy atom. The lowest BCUT2D eigenvalue weighted by atomic mass is 10.2. The van der Waals surface area contributed by atoms with Crippen LogP contribution in [0.15, 0.2) is 42.9 Å². The summed E-state index contributed by atoms with van der Waals surface area (Å²) < 4.78 is 0. The number of hydrogen-bond acceptors (Lipinski definition) is 3. The Bertz CT molecular complexity index is 440. The van der Waals surface area contributed by atoms with E-state index in [1.54, 1.807) is 6.20 Å². The Labute approximate surface area is 95.6 Å². The third kappa shape index (κ3) is 2.87. The summed E-state index contributed by atoms with van der Waals surface area (Å²) in [7, 11) is 0. The van der Waals surface area contributed by atoms with Crippen LogP contribution in [0.4, 0.5) is 0 Å². The SMILES string of the molecule is Cc1ncccc1CNCc1cccnc1. The summed E-state index contributed by atoms with van der Waals surface area (Å²) in [5.41, 5.74) is 3.52. The number of rotatable bonds is 4. The van der Waals surface area contributed by atoms with Crippen LogP contribution in [0.5, 0.6) is 0 Å². The van der Waals surface area contributed by atoms with Gasteiger partial charge in [0.2, 0.25) is 0 Å². The molecule has 2 aromatic heterocycles. The lowest BCUT2D eigenvalue weighted by molar-refractivity contribution is 0.686. The first-order valence-corrected chi connectivity index (χ1v) is 5.36. The van der Waals surface area contributed by atoms with Crippen LogP contribution in [0, 0.1) is 6.92 Å². The van der Waals surface area contributed by atoms with Crippen LogP contribution in [0.2, 0.25) is 0 Å². The Kier molecular flexibility index (Phi) is 3.62. The molecule has 2 aromatic rings. The normalized spacial score (nSPS) is 10.3. The summed E-state index contributed by atoms with van der Waals surface area (Å²) in [4.78, 5) is 8.33. The van der Waals surface area contributed by atoms with Gasteiger partial charge in [-0.05, 0) is 30.2 Å². The van der Waals surface area contributed by atoms with E-state index >= 15 is 0 Å². The highest BCUT2D eigenvalue weighted by Crippen LogP contribution is 2.03. The molecule has 2 heterocycles. The molecule has 3 nitrogen and oxygen atoms in total. The summed E-state index contributed by atoms with van der Waals surface area (Å²) in [5, 5.41) is 3.38. The van der Waals surface area contributed by atoms with E-state index in [0.717, 1.165) is 18.8 Å². The molecule has 0 saturated heterocycles. The molecular weight excluding hydrogens is 198 g/mol. The van der Waals surface area contributed by atoms with Crippen molar-refractivity contribution in [2.24, 2.45) is 0 Å². The van der Waals surface area contributed by atoms with Gasteiger partial charge in [0.05, 0.1) is 0 Å². The second-order valence-electron chi connectivity index (χ2n) is 3.71. The molecule has 1 N–H and O–H groups in total. The molecule has 0 radical (unpaired) electrons. The fourth-order valence-electron chi connectivity index (χ4n) is 1.55. The highest BCUT2D eigenvalue weighted by Gasteiger charge is 1.97. The molecule has 0 atom stereocenters. The maximum Gasteiger partial charge on any atom is 0.0417 e. The third-order valence-corrected chi connectivity index (χ3v) is 2.48. The minimum Gasteiger partial charge on any atom is -0.308 e. The molecule has 3 heteroatoms. The van der Waals surface area contributed by atoms with Crippen molar-refractivity contribution in [2.75, 3.05) is 0 Å². The maximum atomic E-state index is 4.25. The molecule has 2 rings (SSSR count). The van der Waals surface area contributed by atoms with E-state index < -0.39 is 0 Å². The van der Waals surface area contributed by atoms with Crippen molar-refractivity contribution < 1.29 is 0 Å². The van der Waals surface area contributed by atoms with Gasteiger partial charge in [-0.2, -0.15) is 0 Å². The molecule has 0 saturated carbocycles. The predicted molar refractivity (Wildman–Crippen MR) is 63.8 cm³/mol. The van der Waals surface area contributed by atoms with Gasteiger partial charge in [0.15, 0.2) is 0 Å². The molecular formula is C13H15N3. The fourth-order valence-corrected chi connectivity index (χ4v) is 1.55. The summed E-state index contributed by atoms with van der Waals surface area (Å²) >= 11 is 0. The van der Waals surface area contributed by atoms with E-state index in [1.165, 1.54) is 11.1 Å². The van der Waals surface area contributed by atoms with Crippen molar-refractivity contribution in [1.29, 1.82) is 0 Å². The summed E-state index contributed by atoms with van der Waals surface area (Å²) in [6.45, 7) is 3.71. The topological polar surface area (TPSA) is 37.8 Å². The Hall–Kier alpha value is -1.74. The van der Waals surface area contributed by atoms with E-state index in [1.807, 2.05) is 31.5 Å². The highest BCUT2D eigenvalue weighted by atomic mass is 14.9. The molecule has 0 aromatic carbocycles. The van der Waals surface area contributed by atoms with Crippen LogP contribution in [0.25, 0.3) is 0 Å². The van der Waals surface area contributed by atoms with Gasteiger partial charge in [0.25, 0.3) is 0 Å². The van der Waals surface area contributed by atoms with Gasteiger partial charge >= 0.3 is 0 Å². The van der Waals surface area contributed by atoms with E-state index in [2.05, 4.69) is 27.4 Å². The van der Waals surface area contributed by atoms with E-state index in [-0.39, 0.29) is 0 Å². The minimum absolute atomic E-state index is 0.835. The van der Waals surface area contributed by atoms with E-state index in [0.29, 0.717) is 0 Å². The van der Waals surface area contributed by atoms with E-state index in [4.69, 9.17) is 0 Å². The van der Waals surface area contributed by atoms with Crippen molar-refractivity contribution in [3.05, 3.63) is 59.7 Å². The van der Waals surface area contributed by atoms with Crippen LogP contribution in [0.3, 0.4) is 0 Å². The van der Waals surface area contributed by atoms with Crippen LogP contribution in [-0.2, 0) is 13.1 Å². The molecule has 16 heavy (non-hydrogen) atoms. The number of nitrogens with zero attached hydrogens (tertiary/aromatic N) is 2. The number of nitrogens with one attached hydrogen (secondary N) is 1. The smallest absolute Gasteiger partial charge is 0.0417 e. The zero-order chi connectivity index (χ0) is 11.2. The van der Waals surface area contributed by atoms with Gasteiger partial charge in [-0.25, -0.2) is 0 Å².